The summed E-state index contributed by atoms with van der Waals surface area (Å²) in [4.78, 5) is 1.54. The van der Waals surface area contributed by atoms with Gasteiger partial charge in [0, 0.05) is 14.7 Å². The number of thiophene rings is 1. The Balaban J connectivity index is 1.90. The van der Waals surface area contributed by atoms with Crippen LogP contribution in [0.25, 0.3) is 0 Å². The van der Waals surface area contributed by atoms with Gasteiger partial charge in [-0.1, -0.05) is 32.6 Å². The molecule has 1 aliphatic rings. The van der Waals surface area contributed by atoms with E-state index in [4.69, 9.17) is 0 Å². The molecule has 1 aromatic heterocycles. The van der Waals surface area contributed by atoms with Gasteiger partial charge in [0.2, 0.25) is 0 Å². The highest BCUT2D eigenvalue weighted by atomic mass is 79.9. The lowest BCUT2D eigenvalue weighted by Gasteiger charge is -2.23. The van der Waals surface area contributed by atoms with Crippen LogP contribution in [0.2, 0.25) is 0 Å². The van der Waals surface area contributed by atoms with Gasteiger partial charge in [0.05, 0.1) is 0 Å². The molecule has 2 rings (SSSR count). The highest BCUT2D eigenvalue weighted by Crippen LogP contribution is 2.34. The molecule has 0 saturated heterocycles. The van der Waals surface area contributed by atoms with E-state index in [2.05, 4.69) is 39.6 Å². The number of rotatable bonds is 7. The second-order valence-corrected chi connectivity index (χ2v) is 7.36. The zero-order valence-electron chi connectivity index (χ0n) is 11.3. The van der Waals surface area contributed by atoms with E-state index in [9.17, 15) is 0 Å². The van der Waals surface area contributed by atoms with E-state index in [1.54, 1.807) is 0 Å². The number of halogens is 1. The van der Waals surface area contributed by atoms with Crippen molar-refractivity contribution in [2.45, 2.75) is 45.4 Å². The van der Waals surface area contributed by atoms with E-state index in [-0.39, 0.29) is 0 Å². The normalized spacial score (nSPS) is 18.3. The molecule has 1 atom stereocenters. The van der Waals surface area contributed by atoms with Crippen molar-refractivity contribution in [3.8, 4) is 0 Å². The maximum atomic E-state index is 3.63. The fourth-order valence-corrected chi connectivity index (χ4v) is 4.56. The van der Waals surface area contributed by atoms with E-state index in [1.807, 2.05) is 11.3 Å². The molecule has 18 heavy (non-hydrogen) atoms. The monoisotopic (exact) mass is 329 g/mol. The van der Waals surface area contributed by atoms with Crippen LogP contribution in [0.15, 0.2) is 15.9 Å². The van der Waals surface area contributed by atoms with Crippen molar-refractivity contribution < 1.29 is 0 Å². The maximum absolute atomic E-state index is 3.63. The molecule has 1 heterocycles. The van der Waals surface area contributed by atoms with Crippen molar-refractivity contribution in [3.63, 3.8) is 0 Å². The van der Waals surface area contributed by atoms with Crippen LogP contribution in [0.4, 0.5) is 0 Å². The summed E-state index contributed by atoms with van der Waals surface area (Å²) in [6.07, 6.45) is 8.29. The Kier molecular flexibility index (Phi) is 6.19. The predicted molar refractivity (Wildman–Crippen MR) is 84.3 cm³/mol. The van der Waals surface area contributed by atoms with Gasteiger partial charge in [-0.15, -0.1) is 11.3 Å². The Morgan fingerprint density at radius 1 is 1.44 bits per heavy atom. The number of hydrogen-bond donors (Lipinski definition) is 1. The minimum Gasteiger partial charge on any atom is -0.316 e. The predicted octanol–water partition coefficient (Wildman–Crippen LogP) is 4.86. The average molecular weight is 330 g/mol. The van der Waals surface area contributed by atoms with Crippen molar-refractivity contribution in [1.82, 2.24) is 5.32 Å². The van der Waals surface area contributed by atoms with Crippen molar-refractivity contribution >= 4 is 27.3 Å². The lowest BCUT2D eigenvalue weighted by Crippen LogP contribution is -2.29. The number of nitrogens with one attached hydrogen (secondary N) is 1. The van der Waals surface area contributed by atoms with Gasteiger partial charge >= 0.3 is 0 Å². The lowest BCUT2D eigenvalue weighted by atomic mass is 9.87. The summed E-state index contributed by atoms with van der Waals surface area (Å²) in [5, 5.41) is 5.84. The molecule has 1 nitrogen and oxygen atoms in total. The van der Waals surface area contributed by atoms with E-state index in [0.717, 1.165) is 18.4 Å². The Bertz CT molecular complexity index is 344. The smallest absolute Gasteiger partial charge is 0.0285 e. The highest BCUT2D eigenvalue weighted by molar-refractivity contribution is 9.10. The van der Waals surface area contributed by atoms with Crippen LogP contribution in [0.3, 0.4) is 0 Å². The first-order valence-corrected chi connectivity index (χ1v) is 8.90. The van der Waals surface area contributed by atoms with Gasteiger partial charge in [-0.3, -0.25) is 0 Å². The molecule has 102 valence electrons. The quantitative estimate of drug-likeness (QED) is 0.704. The van der Waals surface area contributed by atoms with Gasteiger partial charge in [-0.2, -0.15) is 0 Å². The third-order valence-electron chi connectivity index (χ3n) is 3.98. The minimum atomic E-state index is 0.838. The van der Waals surface area contributed by atoms with Crippen LogP contribution in [-0.4, -0.2) is 13.1 Å². The summed E-state index contributed by atoms with van der Waals surface area (Å²) in [7, 11) is 0. The van der Waals surface area contributed by atoms with E-state index < -0.39 is 0 Å². The maximum Gasteiger partial charge on any atom is 0.0285 e. The van der Waals surface area contributed by atoms with Crippen molar-refractivity contribution in [2.75, 3.05) is 13.1 Å². The molecule has 3 heteroatoms. The molecule has 0 aromatic carbocycles. The first-order valence-electron chi connectivity index (χ1n) is 7.23. The third kappa shape index (κ3) is 4.36. The van der Waals surface area contributed by atoms with Crippen molar-refractivity contribution in [3.05, 3.63) is 20.8 Å². The summed E-state index contributed by atoms with van der Waals surface area (Å²) in [5.41, 5.74) is 0. The Hall–Kier alpha value is 0.140. The third-order valence-corrected chi connectivity index (χ3v) is 5.70. The molecule has 0 bridgehead atoms. The summed E-state index contributed by atoms with van der Waals surface area (Å²) in [6, 6.07) is 2.30. The second kappa shape index (κ2) is 7.66. The van der Waals surface area contributed by atoms with Crippen LogP contribution in [-0.2, 0) is 6.42 Å². The fourth-order valence-electron chi connectivity index (χ4n) is 3.02. The molecule has 0 aliphatic heterocycles. The van der Waals surface area contributed by atoms with Gasteiger partial charge in [0.25, 0.3) is 0 Å². The summed E-state index contributed by atoms with van der Waals surface area (Å²) < 4.78 is 1.24. The molecule has 1 aliphatic carbocycles. The minimum absolute atomic E-state index is 0.838. The molecule has 1 saturated carbocycles. The standard InChI is InChI=1S/C15H24BrNS/c1-2-7-17-10-13(12-5-3-4-6-12)8-15-9-14(16)11-18-15/h9,11-13,17H,2-8,10H2,1H3. The van der Waals surface area contributed by atoms with E-state index in [0.29, 0.717) is 0 Å². The molecule has 0 spiro atoms. The molecule has 1 aromatic rings. The van der Waals surface area contributed by atoms with Gasteiger partial charge < -0.3 is 5.32 Å². The Labute approximate surface area is 123 Å². The molecule has 1 unspecified atom stereocenters. The van der Waals surface area contributed by atoms with Crippen molar-refractivity contribution in [2.24, 2.45) is 11.8 Å². The van der Waals surface area contributed by atoms with Gasteiger partial charge in [0.15, 0.2) is 0 Å². The largest absolute Gasteiger partial charge is 0.316 e. The molecule has 1 N–H and O–H groups in total. The summed E-state index contributed by atoms with van der Waals surface area (Å²) in [5.74, 6) is 1.79. The molecular weight excluding hydrogens is 306 g/mol. The fraction of sp³-hybridized carbons (Fsp3) is 0.733. The van der Waals surface area contributed by atoms with Crippen LogP contribution < -0.4 is 5.32 Å². The van der Waals surface area contributed by atoms with Gasteiger partial charge in [-0.05, 0) is 59.8 Å². The van der Waals surface area contributed by atoms with Crippen LogP contribution >= 0.6 is 27.3 Å². The summed E-state index contributed by atoms with van der Waals surface area (Å²) in [6.45, 7) is 4.61. The second-order valence-electron chi connectivity index (χ2n) is 5.44. The molecule has 0 amide bonds. The van der Waals surface area contributed by atoms with Gasteiger partial charge in [-0.25, -0.2) is 0 Å². The first-order chi connectivity index (χ1) is 8.79. The first kappa shape index (κ1) is 14.5. The number of hydrogen-bond acceptors (Lipinski definition) is 2. The SMILES string of the molecule is CCCNCC(Cc1cc(Br)cs1)C1CCCC1. The van der Waals surface area contributed by atoms with E-state index >= 15 is 0 Å². The lowest BCUT2D eigenvalue weighted by molar-refractivity contribution is 0.323. The Morgan fingerprint density at radius 2 is 2.22 bits per heavy atom. The topological polar surface area (TPSA) is 12.0 Å². The summed E-state index contributed by atoms with van der Waals surface area (Å²) >= 11 is 5.47. The van der Waals surface area contributed by atoms with Crippen LogP contribution in [0, 0.1) is 11.8 Å². The molecular formula is C15H24BrNS. The zero-order valence-corrected chi connectivity index (χ0v) is 13.7. The Morgan fingerprint density at radius 3 is 2.83 bits per heavy atom. The molecule has 0 radical (unpaired) electrons. The zero-order chi connectivity index (χ0) is 12.8. The molecule has 1 fully saturated rings. The van der Waals surface area contributed by atoms with Crippen LogP contribution in [0.5, 0.6) is 0 Å². The highest BCUT2D eigenvalue weighted by Gasteiger charge is 2.25. The average Bonchev–Trinajstić information content (AvgIpc) is 2.99. The van der Waals surface area contributed by atoms with Crippen LogP contribution in [0.1, 0.15) is 43.9 Å². The van der Waals surface area contributed by atoms with E-state index in [1.165, 1.54) is 54.4 Å². The van der Waals surface area contributed by atoms with Crippen molar-refractivity contribution in [1.29, 1.82) is 0 Å². The van der Waals surface area contributed by atoms with Gasteiger partial charge in [0.1, 0.15) is 0 Å².